The third-order valence-electron chi connectivity index (χ3n) is 4.71. The zero-order chi connectivity index (χ0) is 17.1. The average Bonchev–Trinajstić information content (AvgIpc) is 3.18. The zero-order valence-corrected chi connectivity index (χ0v) is 15.5. The van der Waals surface area contributed by atoms with E-state index in [9.17, 15) is 4.79 Å². The van der Waals surface area contributed by atoms with Crippen molar-refractivity contribution in [2.24, 2.45) is 11.8 Å². The fourth-order valence-electron chi connectivity index (χ4n) is 3.69. The van der Waals surface area contributed by atoms with Crippen LogP contribution in [0.4, 0.5) is 0 Å². The second-order valence-electron chi connectivity index (χ2n) is 7.23. The molecule has 0 saturated carbocycles. The summed E-state index contributed by atoms with van der Waals surface area (Å²) in [7, 11) is 0. The van der Waals surface area contributed by atoms with Gasteiger partial charge in [-0.3, -0.25) is 4.79 Å². The highest BCUT2D eigenvalue weighted by Crippen LogP contribution is 2.27. The second kappa shape index (κ2) is 7.82. The van der Waals surface area contributed by atoms with Crippen LogP contribution in [0.3, 0.4) is 0 Å². The minimum absolute atomic E-state index is 0.183. The van der Waals surface area contributed by atoms with Gasteiger partial charge in [-0.05, 0) is 48.4 Å². The summed E-state index contributed by atoms with van der Waals surface area (Å²) in [6.07, 6.45) is 3.52. The van der Waals surface area contributed by atoms with Crippen LogP contribution in [0.5, 0.6) is 0 Å². The summed E-state index contributed by atoms with van der Waals surface area (Å²) in [6, 6.07) is 0. The highest BCUT2D eigenvalue weighted by Gasteiger charge is 2.30. The predicted octanol–water partition coefficient (Wildman–Crippen LogP) is 1.84. The minimum Gasteiger partial charge on any atom is -0.376 e. The Morgan fingerprint density at radius 2 is 2.12 bits per heavy atom. The van der Waals surface area contributed by atoms with E-state index in [2.05, 4.69) is 29.4 Å². The number of ether oxygens (including phenoxy) is 1. The van der Waals surface area contributed by atoms with Gasteiger partial charge in [0.1, 0.15) is 0 Å². The van der Waals surface area contributed by atoms with E-state index < -0.39 is 0 Å². The normalized spacial score (nSPS) is 29.0. The lowest BCUT2D eigenvalue weighted by Gasteiger charge is -2.36. The van der Waals surface area contributed by atoms with Gasteiger partial charge in [0.25, 0.3) is 0 Å². The molecular formula is C16H27N5O2S. The molecule has 1 aromatic rings. The van der Waals surface area contributed by atoms with Crippen molar-refractivity contribution < 1.29 is 9.53 Å². The molecule has 0 aliphatic carbocycles. The number of aromatic nitrogens is 4. The van der Waals surface area contributed by atoms with Gasteiger partial charge in [0.2, 0.25) is 11.1 Å². The first-order valence-electron chi connectivity index (χ1n) is 8.86. The van der Waals surface area contributed by atoms with Crippen LogP contribution in [-0.2, 0) is 16.1 Å². The topological polar surface area (TPSA) is 73.1 Å². The van der Waals surface area contributed by atoms with E-state index in [4.69, 9.17) is 4.74 Å². The van der Waals surface area contributed by atoms with Gasteiger partial charge in [-0.15, -0.1) is 5.10 Å². The highest BCUT2D eigenvalue weighted by atomic mass is 32.2. The Morgan fingerprint density at radius 3 is 2.79 bits per heavy atom. The molecular weight excluding hydrogens is 326 g/mol. The number of nitrogens with zero attached hydrogens (tertiary/aromatic N) is 5. The molecule has 2 aliphatic rings. The number of hydrogen-bond donors (Lipinski definition) is 0. The Labute approximate surface area is 147 Å². The largest absolute Gasteiger partial charge is 0.376 e. The maximum atomic E-state index is 12.8. The summed E-state index contributed by atoms with van der Waals surface area (Å²) in [5.74, 6) is 1.32. The van der Waals surface area contributed by atoms with Crippen molar-refractivity contribution in [1.29, 1.82) is 0 Å². The van der Waals surface area contributed by atoms with E-state index in [0.29, 0.717) is 23.5 Å². The summed E-state index contributed by atoms with van der Waals surface area (Å²) in [6.45, 7) is 9.57. The number of tetrazole rings is 1. The molecule has 1 amide bonds. The molecule has 24 heavy (non-hydrogen) atoms. The van der Waals surface area contributed by atoms with Gasteiger partial charge in [-0.1, -0.05) is 25.6 Å². The number of rotatable bonds is 5. The molecule has 7 nitrogen and oxygen atoms in total. The second-order valence-corrected chi connectivity index (χ2v) is 8.54. The van der Waals surface area contributed by atoms with Crippen LogP contribution in [0, 0.1) is 11.8 Å². The number of amides is 1. The number of carbonyl (C=O) groups excluding carboxylic acids is 1. The molecule has 0 spiro atoms. The van der Waals surface area contributed by atoms with Crippen LogP contribution < -0.4 is 0 Å². The molecule has 2 fully saturated rings. The molecule has 4 atom stereocenters. The molecule has 1 aromatic heterocycles. The van der Waals surface area contributed by atoms with E-state index >= 15 is 0 Å². The van der Waals surface area contributed by atoms with Crippen LogP contribution >= 0.6 is 11.8 Å². The Hall–Kier alpha value is -1.15. The van der Waals surface area contributed by atoms with E-state index in [-0.39, 0.29) is 17.3 Å². The number of carbonyl (C=O) groups is 1. The van der Waals surface area contributed by atoms with Crippen LogP contribution in [0.15, 0.2) is 5.16 Å². The molecule has 2 saturated heterocycles. The van der Waals surface area contributed by atoms with Crippen molar-refractivity contribution in [2.75, 3.05) is 19.7 Å². The van der Waals surface area contributed by atoms with E-state index in [1.54, 1.807) is 4.68 Å². The van der Waals surface area contributed by atoms with Gasteiger partial charge < -0.3 is 9.64 Å². The van der Waals surface area contributed by atoms with Crippen LogP contribution in [0.25, 0.3) is 0 Å². The fraction of sp³-hybridized carbons (Fsp3) is 0.875. The van der Waals surface area contributed by atoms with Crippen LogP contribution in [0.1, 0.15) is 40.0 Å². The summed E-state index contributed by atoms with van der Waals surface area (Å²) in [4.78, 5) is 14.8. The first-order chi connectivity index (χ1) is 11.5. The van der Waals surface area contributed by atoms with Crippen LogP contribution in [0.2, 0.25) is 0 Å². The molecule has 3 rings (SSSR count). The zero-order valence-electron chi connectivity index (χ0n) is 14.7. The van der Waals surface area contributed by atoms with E-state index in [1.807, 2.05) is 11.8 Å². The SMILES string of the molecule is CC1CC(C)CN(C(=O)C(C)Sc2nnnn2CC2CCCO2)C1. The number of hydrogen-bond acceptors (Lipinski definition) is 6. The van der Waals surface area contributed by atoms with Gasteiger partial charge in [0, 0.05) is 19.7 Å². The minimum atomic E-state index is -0.184. The first kappa shape index (κ1) is 17.7. The summed E-state index contributed by atoms with van der Waals surface area (Å²) >= 11 is 1.44. The summed E-state index contributed by atoms with van der Waals surface area (Å²) in [5.41, 5.74) is 0. The van der Waals surface area contributed by atoms with Gasteiger partial charge in [-0.2, -0.15) is 0 Å². The molecule has 8 heteroatoms. The quantitative estimate of drug-likeness (QED) is 0.752. The van der Waals surface area contributed by atoms with Crippen molar-refractivity contribution >= 4 is 17.7 Å². The third-order valence-corrected chi connectivity index (χ3v) is 5.77. The van der Waals surface area contributed by atoms with Crippen molar-refractivity contribution in [1.82, 2.24) is 25.1 Å². The monoisotopic (exact) mass is 353 g/mol. The predicted molar refractivity (Wildman–Crippen MR) is 91.6 cm³/mol. The maximum absolute atomic E-state index is 12.8. The lowest BCUT2D eigenvalue weighted by molar-refractivity contribution is -0.132. The third kappa shape index (κ3) is 4.27. The molecule has 0 bridgehead atoms. The fourth-order valence-corrected chi connectivity index (χ4v) is 4.57. The lowest BCUT2D eigenvalue weighted by atomic mass is 9.92. The van der Waals surface area contributed by atoms with Gasteiger partial charge >= 0.3 is 0 Å². The lowest BCUT2D eigenvalue weighted by Crippen LogP contribution is -2.45. The van der Waals surface area contributed by atoms with E-state index in [0.717, 1.165) is 32.5 Å². The Morgan fingerprint density at radius 1 is 1.38 bits per heavy atom. The number of likely N-dealkylation sites (tertiary alicyclic amines) is 1. The van der Waals surface area contributed by atoms with E-state index in [1.165, 1.54) is 18.2 Å². The maximum Gasteiger partial charge on any atom is 0.235 e. The van der Waals surface area contributed by atoms with Crippen molar-refractivity contribution in [3.8, 4) is 0 Å². The number of piperidine rings is 1. The number of thioether (sulfide) groups is 1. The van der Waals surface area contributed by atoms with Gasteiger partial charge in [0.05, 0.1) is 17.9 Å². The summed E-state index contributed by atoms with van der Waals surface area (Å²) < 4.78 is 7.42. The standard InChI is InChI=1S/C16H27N5O2S/c1-11-7-12(2)9-20(8-11)15(22)13(3)24-16-17-18-19-21(16)10-14-5-4-6-23-14/h11-14H,4-10H2,1-3H3. The molecule has 2 aliphatic heterocycles. The smallest absolute Gasteiger partial charge is 0.235 e. The van der Waals surface area contributed by atoms with Crippen molar-refractivity contribution in [2.45, 2.75) is 63.1 Å². The summed E-state index contributed by atoms with van der Waals surface area (Å²) in [5, 5.41) is 12.4. The van der Waals surface area contributed by atoms with Crippen molar-refractivity contribution in [3.05, 3.63) is 0 Å². The molecule has 134 valence electrons. The Balaban J connectivity index is 1.59. The first-order valence-corrected chi connectivity index (χ1v) is 9.74. The molecule has 0 N–H and O–H groups in total. The van der Waals surface area contributed by atoms with Crippen LogP contribution in [-0.4, -0.2) is 62.1 Å². The van der Waals surface area contributed by atoms with Gasteiger partial charge in [-0.25, -0.2) is 4.68 Å². The molecule has 4 unspecified atom stereocenters. The van der Waals surface area contributed by atoms with Crippen molar-refractivity contribution in [3.63, 3.8) is 0 Å². The average molecular weight is 353 g/mol. The van der Waals surface area contributed by atoms with Gasteiger partial charge in [0.15, 0.2) is 0 Å². The Kier molecular flexibility index (Phi) is 5.76. The molecule has 0 aromatic carbocycles. The Bertz CT molecular complexity index is 550. The molecule has 3 heterocycles. The molecule has 0 radical (unpaired) electrons. The highest BCUT2D eigenvalue weighted by molar-refractivity contribution is 8.00.